The van der Waals surface area contributed by atoms with Gasteiger partial charge in [-0.3, -0.25) is 4.79 Å². The predicted octanol–water partition coefficient (Wildman–Crippen LogP) is 2.86. The number of hydrogen-bond acceptors (Lipinski definition) is 3. The van der Waals surface area contributed by atoms with Gasteiger partial charge in [-0.25, -0.2) is 0 Å². The molecule has 0 heterocycles. The second kappa shape index (κ2) is 7.84. The molecule has 0 saturated heterocycles. The fourth-order valence-electron chi connectivity index (χ4n) is 2.55. The number of carbonyl (C=O) groups excluding carboxylic acids is 1. The summed E-state index contributed by atoms with van der Waals surface area (Å²) in [6, 6.07) is 7.73. The van der Waals surface area contributed by atoms with Gasteiger partial charge in [-0.2, -0.15) is 0 Å². The smallest absolute Gasteiger partial charge is 0.223 e. The molecule has 0 saturated carbocycles. The SMILES string of the molecule is COc1cccc([C@@H](CNC(=O)[C@@H]2CC=CCC2)OC)c1. The Labute approximate surface area is 126 Å². The van der Waals surface area contributed by atoms with Crippen molar-refractivity contribution in [3.05, 3.63) is 42.0 Å². The number of methoxy groups -OCH3 is 2. The van der Waals surface area contributed by atoms with E-state index in [0.717, 1.165) is 30.6 Å². The summed E-state index contributed by atoms with van der Waals surface area (Å²) in [6.45, 7) is 0.475. The van der Waals surface area contributed by atoms with Gasteiger partial charge in [-0.15, -0.1) is 0 Å². The Hall–Kier alpha value is -1.81. The van der Waals surface area contributed by atoms with Crippen LogP contribution in [-0.4, -0.2) is 26.7 Å². The van der Waals surface area contributed by atoms with Crippen molar-refractivity contribution >= 4 is 5.91 Å². The molecular formula is C17H23NO3. The molecule has 114 valence electrons. The van der Waals surface area contributed by atoms with Crippen LogP contribution >= 0.6 is 0 Å². The van der Waals surface area contributed by atoms with Crippen molar-refractivity contribution in [2.45, 2.75) is 25.4 Å². The number of allylic oxidation sites excluding steroid dienone is 2. The number of carbonyl (C=O) groups is 1. The minimum Gasteiger partial charge on any atom is -0.497 e. The van der Waals surface area contributed by atoms with Gasteiger partial charge >= 0.3 is 0 Å². The third-order valence-corrected chi connectivity index (χ3v) is 3.85. The Bertz CT molecular complexity index is 499. The molecule has 0 unspecified atom stereocenters. The number of ether oxygens (including phenoxy) is 2. The first-order chi connectivity index (χ1) is 10.2. The summed E-state index contributed by atoms with van der Waals surface area (Å²) in [6.07, 6.45) is 6.81. The summed E-state index contributed by atoms with van der Waals surface area (Å²) >= 11 is 0. The molecule has 4 nitrogen and oxygen atoms in total. The van der Waals surface area contributed by atoms with Crippen molar-refractivity contribution < 1.29 is 14.3 Å². The first-order valence-electron chi connectivity index (χ1n) is 7.34. The fourth-order valence-corrected chi connectivity index (χ4v) is 2.55. The van der Waals surface area contributed by atoms with Crippen LogP contribution in [0.15, 0.2) is 36.4 Å². The van der Waals surface area contributed by atoms with E-state index in [1.165, 1.54) is 0 Å². The average molecular weight is 289 g/mol. The standard InChI is InChI=1S/C17H23NO3/c1-20-15-10-6-9-14(11-15)16(21-2)12-18-17(19)13-7-4-3-5-8-13/h3-4,6,9-11,13,16H,5,7-8,12H2,1-2H3,(H,18,19)/t13-,16-/m1/s1. The predicted molar refractivity (Wildman–Crippen MR) is 82.2 cm³/mol. The second-order valence-electron chi connectivity index (χ2n) is 5.23. The molecule has 1 aliphatic rings. The zero-order valence-electron chi connectivity index (χ0n) is 12.7. The molecule has 0 radical (unpaired) electrons. The van der Waals surface area contributed by atoms with Crippen LogP contribution in [0.4, 0.5) is 0 Å². The molecule has 4 heteroatoms. The molecule has 0 fully saturated rings. The van der Waals surface area contributed by atoms with E-state index in [4.69, 9.17) is 9.47 Å². The van der Waals surface area contributed by atoms with Gasteiger partial charge in [-0.05, 0) is 37.0 Å². The van der Waals surface area contributed by atoms with Crippen molar-refractivity contribution in [3.8, 4) is 5.75 Å². The minimum atomic E-state index is -0.164. The maximum atomic E-state index is 12.1. The molecule has 2 atom stereocenters. The van der Waals surface area contributed by atoms with E-state index in [2.05, 4.69) is 17.5 Å². The Balaban J connectivity index is 1.92. The van der Waals surface area contributed by atoms with E-state index in [9.17, 15) is 4.79 Å². The summed E-state index contributed by atoms with van der Waals surface area (Å²) in [5.41, 5.74) is 1.00. The van der Waals surface area contributed by atoms with Crippen molar-refractivity contribution in [3.63, 3.8) is 0 Å². The lowest BCUT2D eigenvalue weighted by atomic mass is 9.93. The number of benzene rings is 1. The summed E-state index contributed by atoms with van der Waals surface area (Å²) in [4.78, 5) is 12.1. The summed E-state index contributed by atoms with van der Waals surface area (Å²) in [5, 5.41) is 3.00. The molecule has 1 aromatic carbocycles. The summed E-state index contributed by atoms with van der Waals surface area (Å²) in [7, 11) is 3.29. The van der Waals surface area contributed by atoms with E-state index in [1.807, 2.05) is 24.3 Å². The highest BCUT2D eigenvalue weighted by Crippen LogP contribution is 2.22. The Morgan fingerprint density at radius 2 is 2.24 bits per heavy atom. The Kier molecular flexibility index (Phi) is 5.81. The van der Waals surface area contributed by atoms with Crippen LogP contribution in [0.1, 0.15) is 30.9 Å². The van der Waals surface area contributed by atoms with Crippen LogP contribution in [0.5, 0.6) is 5.75 Å². The van der Waals surface area contributed by atoms with Crippen LogP contribution in [0.2, 0.25) is 0 Å². The van der Waals surface area contributed by atoms with E-state index < -0.39 is 0 Å². The summed E-state index contributed by atoms with van der Waals surface area (Å²) in [5.74, 6) is 1.00. The van der Waals surface area contributed by atoms with E-state index in [1.54, 1.807) is 14.2 Å². The molecule has 1 aromatic rings. The number of rotatable bonds is 6. The quantitative estimate of drug-likeness (QED) is 0.819. The van der Waals surface area contributed by atoms with Gasteiger partial charge in [0.2, 0.25) is 5.91 Å². The number of amides is 1. The molecule has 1 N–H and O–H groups in total. The first kappa shape index (κ1) is 15.6. The van der Waals surface area contributed by atoms with Gasteiger partial charge in [0.25, 0.3) is 0 Å². The Morgan fingerprint density at radius 1 is 1.38 bits per heavy atom. The summed E-state index contributed by atoms with van der Waals surface area (Å²) < 4.78 is 10.7. The third-order valence-electron chi connectivity index (χ3n) is 3.85. The van der Waals surface area contributed by atoms with Gasteiger partial charge in [0.05, 0.1) is 13.2 Å². The molecule has 21 heavy (non-hydrogen) atoms. The average Bonchev–Trinajstić information content (AvgIpc) is 2.56. The van der Waals surface area contributed by atoms with Gasteiger partial charge in [0.15, 0.2) is 0 Å². The highest BCUT2D eigenvalue weighted by Gasteiger charge is 2.20. The van der Waals surface area contributed by atoms with Crippen molar-refractivity contribution in [1.29, 1.82) is 0 Å². The molecular weight excluding hydrogens is 266 g/mol. The highest BCUT2D eigenvalue weighted by atomic mass is 16.5. The van der Waals surface area contributed by atoms with E-state index >= 15 is 0 Å². The van der Waals surface area contributed by atoms with Gasteiger partial charge < -0.3 is 14.8 Å². The molecule has 0 aromatic heterocycles. The van der Waals surface area contributed by atoms with Gasteiger partial charge in [0.1, 0.15) is 5.75 Å². The monoisotopic (exact) mass is 289 g/mol. The maximum Gasteiger partial charge on any atom is 0.223 e. The van der Waals surface area contributed by atoms with Gasteiger partial charge in [-0.1, -0.05) is 24.3 Å². The van der Waals surface area contributed by atoms with Crippen LogP contribution in [0.25, 0.3) is 0 Å². The second-order valence-corrected chi connectivity index (χ2v) is 5.23. The van der Waals surface area contributed by atoms with Crippen LogP contribution < -0.4 is 10.1 Å². The lowest BCUT2D eigenvalue weighted by Gasteiger charge is -2.21. The topological polar surface area (TPSA) is 47.6 Å². The zero-order valence-corrected chi connectivity index (χ0v) is 12.7. The van der Waals surface area contributed by atoms with Gasteiger partial charge in [0, 0.05) is 19.6 Å². The highest BCUT2D eigenvalue weighted by molar-refractivity contribution is 5.79. The van der Waals surface area contributed by atoms with E-state index in [0.29, 0.717) is 6.54 Å². The normalized spacial score (nSPS) is 19.0. The largest absolute Gasteiger partial charge is 0.497 e. The lowest BCUT2D eigenvalue weighted by Crippen LogP contribution is -2.34. The van der Waals surface area contributed by atoms with Crippen LogP contribution in [0, 0.1) is 5.92 Å². The molecule has 0 spiro atoms. The number of nitrogens with one attached hydrogen (secondary N) is 1. The van der Waals surface area contributed by atoms with Crippen molar-refractivity contribution in [2.24, 2.45) is 5.92 Å². The van der Waals surface area contributed by atoms with E-state index in [-0.39, 0.29) is 17.9 Å². The lowest BCUT2D eigenvalue weighted by molar-refractivity contribution is -0.125. The zero-order chi connectivity index (χ0) is 15.1. The number of hydrogen-bond donors (Lipinski definition) is 1. The molecule has 0 aliphatic heterocycles. The Morgan fingerprint density at radius 3 is 2.90 bits per heavy atom. The molecule has 2 rings (SSSR count). The van der Waals surface area contributed by atoms with Crippen molar-refractivity contribution in [2.75, 3.05) is 20.8 Å². The first-order valence-corrected chi connectivity index (χ1v) is 7.34. The van der Waals surface area contributed by atoms with Crippen LogP contribution in [0.3, 0.4) is 0 Å². The molecule has 0 bridgehead atoms. The van der Waals surface area contributed by atoms with Crippen molar-refractivity contribution in [1.82, 2.24) is 5.32 Å². The fraction of sp³-hybridized carbons (Fsp3) is 0.471. The van der Waals surface area contributed by atoms with Crippen LogP contribution in [-0.2, 0) is 9.53 Å². The minimum absolute atomic E-state index is 0.0952. The molecule has 1 amide bonds. The maximum absolute atomic E-state index is 12.1. The third kappa shape index (κ3) is 4.33. The molecule has 1 aliphatic carbocycles.